The molecule has 26 heavy (non-hydrogen) atoms. The van der Waals surface area contributed by atoms with Crippen molar-refractivity contribution >= 4 is 5.91 Å². The Morgan fingerprint density at radius 1 is 1.38 bits per heavy atom. The Kier molecular flexibility index (Phi) is 6.67. The third-order valence-corrected chi connectivity index (χ3v) is 4.62. The van der Waals surface area contributed by atoms with E-state index in [0.717, 1.165) is 17.6 Å². The summed E-state index contributed by atoms with van der Waals surface area (Å²) in [5.41, 5.74) is 0.492. The number of piperidine rings is 1. The van der Waals surface area contributed by atoms with E-state index in [0.29, 0.717) is 44.1 Å². The summed E-state index contributed by atoms with van der Waals surface area (Å²) < 4.78 is 10.8. The number of amides is 1. The maximum Gasteiger partial charge on any atom is 0.256 e. The molecular formula is C20H30N2O4. The number of carbonyl (C=O) groups is 1. The van der Waals surface area contributed by atoms with E-state index in [1.54, 1.807) is 19.1 Å². The minimum absolute atomic E-state index is 0.234. The van der Waals surface area contributed by atoms with Crippen LogP contribution in [-0.4, -0.2) is 67.3 Å². The van der Waals surface area contributed by atoms with Gasteiger partial charge in [0.25, 0.3) is 5.91 Å². The van der Waals surface area contributed by atoms with E-state index in [2.05, 4.69) is 6.58 Å². The summed E-state index contributed by atoms with van der Waals surface area (Å²) in [6.07, 6.45) is 1.23. The number of hydrogen-bond acceptors (Lipinski definition) is 5. The van der Waals surface area contributed by atoms with E-state index >= 15 is 0 Å². The Hall–Kier alpha value is -2.05. The van der Waals surface area contributed by atoms with E-state index in [9.17, 15) is 9.90 Å². The van der Waals surface area contributed by atoms with Gasteiger partial charge in [-0.25, -0.2) is 0 Å². The maximum atomic E-state index is 13.0. The fraction of sp³-hybridized carbons (Fsp3) is 0.550. The number of nitrogens with zero attached hydrogens (tertiary/aromatic N) is 2. The highest BCUT2D eigenvalue weighted by molar-refractivity contribution is 5.86. The number of carbonyl (C=O) groups excluding carboxylic acids is 1. The van der Waals surface area contributed by atoms with E-state index < -0.39 is 5.60 Å². The summed E-state index contributed by atoms with van der Waals surface area (Å²) in [5.74, 6) is 1.02. The summed E-state index contributed by atoms with van der Waals surface area (Å²) in [6, 6.07) is 5.61. The number of benzene rings is 1. The Bertz CT molecular complexity index is 661. The number of hydrogen-bond donors (Lipinski definition) is 1. The molecule has 6 heteroatoms. The number of ether oxygens (including phenoxy) is 2. The zero-order valence-electron chi connectivity index (χ0n) is 16.2. The number of para-hydroxylation sites is 1. The lowest BCUT2D eigenvalue weighted by Gasteiger charge is -2.40. The molecule has 1 aromatic rings. The second kappa shape index (κ2) is 8.56. The van der Waals surface area contributed by atoms with Crippen LogP contribution in [0.5, 0.6) is 11.5 Å². The van der Waals surface area contributed by atoms with Crippen molar-refractivity contribution in [3.63, 3.8) is 0 Å². The first-order chi connectivity index (χ1) is 12.3. The molecule has 1 aromatic carbocycles. The summed E-state index contributed by atoms with van der Waals surface area (Å²) in [4.78, 5) is 16.6. The van der Waals surface area contributed by atoms with Crippen molar-refractivity contribution in [1.29, 1.82) is 0 Å². The molecule has 1 aliphatic heterocycles. The third kappa shape index (κ3) is 4.56. The van der Waals surface area contributed by atoms with Gasteiger partial charge in [-0.2, -0.15) is 0 Å². The Balaban J connectivity index is 2.16. The normalized spacial score (nSPS) is 20.4. The first-order valence-electron chi connectivity index (χ1n) is 8.85. The van der Waals surface area contributed by atoms with Gasteiger partial charge >= 0.3 is 0 Å². The summed E-state index contributed by atoms with van der Waals surface area (Å²) in [6.45, 7) is 7.77. The van der Waals surface area contributed by atoms with Gasteiger partial charge in [0, 0.05) is 31.7 Å². The maximum absolute atomic E-state index is 13.0. The van der Waals surface area contributed by atoms with Gasteiger partial charge in [0.15, 0.2) is 17.1 Å². The molecule has 1 aliphatic rings. The molecule has 6 nitrogen and oxygen atoms in total. The second-order valence-corrected chi connectivity index (χ2v) is 7.14. The molecule has 1 unspecified atom stereocenters. The van der Waals surface area contributed by atoms with Gasteiger partial charge in [0.2, 0.25) is 0 Å². The first-order valence-corrected chi connectivity index (χ1v) is 8.85. The lowest BCUT2D eigenvalue weighted by atomic mass is 9.90. The highest BCUT2D eigenvalue weighted by Gasteiger charge is 2.43. The van der Waals surface area contributed by atoms with Crippen LogP contribution in [0.15, 0.2) is 30.4 Å². The number of likely N-dealkylation sites (N-methyl/N-ethyl adjacent to an activating group) is 1. The summed E-state index contributed by atoms with van der Waals surface area (Å²) >= 11 is 0. The van der Waals surface area contributed by atoms with Crippen LogP contribution < -0.4 is 9.47 Å². The van der Waals surface area contributed by atoms with Crippen LogP contribution in [-0.2, 0) is 11.3 Å². The van der Waals surface area contributed by atoms with Crippen molar-refractivity contribution in [2.75, 3.05) is 40.9 Å². The fourth-order valence-corrected chi connectivity index (χ4v) is 3.61. The van der Waals surface area contributed by atoms with Gasteiger partial charge in [-0.05, 0) is 32.9 Å². The first kappa shape index (κ1) is 20.3. The molecule has 0 aromatic heterocycles. The number of methoxy groups -OCH3 is 2. The molecule has 0 spiro atoms. The highest BCUT2D eigenvalue weighted by atomic mass is 16.5. The third-order valence-electron chi connectivity index (χ3n) is 4.62. The molecule has 1 fully saturated rings. The monoisotopic (exact) mass is 362 g/mol. The van der Waals surface area contributed by atoms with Gasteiger partial charge in [0.05, 0.1) is 14.2 Å². The van der Waals surface area contributed by atoms with Crippen molar-refractivity contribution < 1.29 is 19.4 Å². The molecular weight excluding hydrogens is 332 g/mol. The second-order valence-electron chi connectivity index (χ2n) is 7.14. The molecule has 0 bridgehead atoms. The molecule has 1 atom stereocenters. The van der Waals surface area contributed by atoms with Crippen LogP contribution in [0, 0.1) is 0 Å². The Labute approximate surface area is 156 Å². The smallest absolute Gasteiger partial charge is 0.256 e. The van der Waals surface area contributed by atoms with Gasteiger partial charge in [-0.3, -0.25) is 9.69 Å². The molecule has 0 radical (unpaired) electrons. The number of rotatable bonds is 8. The van der Waals surface area contributed by atoms with Gasteiger partial charge in [-0.15, -0.1) is 0 Å². The molecule has 0 aliphatic carbocycles. The minimum atomic E-state index is -1.37. The van der Waals surface area contributed by atoms with Gasteiger partial charge in [-0.1, -0.05) is 24.3 Å². The van der Waals surface area contributed by atoms with Crippen LogP contribution in [0.25, 0.3) is 0 Å². The van der Waals surface area contributed by atoms with E-state index in [4.69, 9.17) is 9.47 Å². The number of aliphatic hydroxyl groups is 1. The van der Waals surface area contributed by atoms with Crippen molar-refractivity contribution in [2.45, 2.75) is 31.9 Å². The predicted octanol–water partition coefficient (Wildman–Crippen LogP) is 2.07. The zero-order chi connectivity index (χ0) is 19.3. The average molecular weight is 362 g/mol. The molecule has 1 N–H and O–H groups in total. The van der Waals surface area contributed by atoms with Crippen molar-refractivity contribution in [3.05, 3.63) is 35.9 Å². The quantitative estimate of drug-likeness (QED) is 0.718. The molecule has 1 saturated heterocycles. The van der Waals surface area contributed by atoms with Crippen LogP contribution in [0.1, 0.15) is 25.3 Å². The Morgan fingerprint density at radius 3 is 2.73 bits per heavy atom. The minimum Gasteiger partial charge on any atom is -0.493 e. The van der Waals surface area contributed by atoms with E-state index in [-0.39, 0.29) is 5.91 Å². The largest absolute Gasteiger partial charge is 0.493 e. The lowest BCUT2D eigenvalue weighted by molar-refractivity contribution is -0.159. The average Bonchev–Trinajstić information content (AvgIpc) is 2.57. The highest BCUT2D eigenvalue weighted by Crippen LogP contribution is 2.33. The summed E-state index contributed by atoms with van der Waals surface area (Å²) in [7, 11) is 5.07. The van der Waals surface area contributed by atoms with Crippen molar-refractivity contribution in [3.8, 4) is 11.5 Å². The molecule has 2 rings (SSSR count). The molecule has 144 valence electrons. The topological polar surface area (TPSA) is 62.2 Å². The Morgan fingerprint density at radius 2 is 2.12 bits per heavy atom. The van der Waals surface area contributed by atoms with Gasteiger partial charge < -0.3 is 19.5 Å². The van der Waals surface area contributed by atoms with Crippen molar-refractivity contribution in [1.82, 2.24) is 9.80 Å². The SMILES string of the molecule is C=C(C)CN(C)CC1(O)CCCN(Cc2cccc(OC)c2OC)C1=O. The predicted molar refractivity (Wildman–Crippen MR) is 101 cm³/mol. The van der Waals surface area contributed by atoms with Crippen LogP contribution in [0.3, 0.4) is 0 Å². The van der Waals surface area contributed by atoms with Crippen LogP contribution in [0.4, 0.5) is 0 Å². The van der Waals surface area contributed by atoms with Crippen molar-refractivity contribution in [2.24, 2.45) is 0 Å². The molecule has 1 heterocycles. The van der Waals surface area contributed by atoms with E-state index in [1.165, 1.54) is 0 Å². The van der Waals surface area contributed by atoms with Crippen LogP contribution in [0.2, 0.25) is 0 Å². The van der Waals surface area contributed by atoms with Crippen LogP contribution >= 0.6 is 0 Å². The van der Waals surface area contributed by atoms with E-state index in [1.807, 2.05) is 37.1 Å². The zero-order valence-corrected chi connectivity index (χ0v) is 16.2. The molecule has 1 amide bonds. The molecule has 0 saturated carbocycles. The number of likely N-dealkylation sites (tertiary alicyclic amines) is 1. The summed E-state index contributed by atoms with van der Waals surface area (Å²) in [5, 5.41) is 11.0. The fourth-order valence-electron chi connectivity index (χ4n) is 3.61. The van der Waals surface area contributed by atoms with Gasteiger partial charge in [0.1, 0.15) is 0 Å². The standard InChI is InChI=1S/C20H30N2O4/c1-15(2)12-21(3)14-20(24)10-7-11-22(19(20)23)13-16-8-6-9-17(25-4)18(16)26-5/h6,8-9,24H,1,7,10-14H2,2-5H3. The lowest BCUT2D eigenvalue weighted by Crippen LogP contribution is -2.58.